The normalized spacial score (nSPS) is 10.0. The van der Waals surface area contributed by atoms with Crippen molar-refractivity contribution in [1.29, 1.82) is 0 Å². The van der Waals surface area contributed by atoms with Crippen LogP contribution in [0.1, 0.15) is 9.67 Å². The van der Waals surface area contributed by atoms with Crippen LogP contribution < -0.4 is 4.57 Å². The fourth-order valence-corrected chi connectivity index (χ4v) is 2.39. The summed E-state index contributed by atoms with van der Waals surface area (Å²) in [5, 5.41) is 1.90. The largest absolute Gasteiger partial charge is 0.460 e. The molecule has 4 nitrogen and oxygen atoms in total. The van der Waals surface area contributed by atoms with Crippen molar-refractivity contribution in [2.75, 3.05) is 0 Å². The lowest BCUT2D eigenvalue weighted by Crippen LogP contribution is -2.37. The molecule has 0 N–H and O–H groups in total. The van der Waals surface area contributed by atoms with Crippen LogP contribution in [0.4, 0.5) is 0 Å². The van der Waals surface area contributed by atoms with Crippen molar-refractivity contribution in [1.82, 2.24) is 4.98 Å². The first-order chi connectivity index (χ1) is 9.33. The van der Waals surface area contributed by atoms with E-state index in [0.717, 1.165) is 16.3 Å². The molecule has 0 amide bonds. The van der Waals surface area contributed by atoms with E-state index in [1.54, 1.807) is 17.2 Å². The first-order valence-electron chi connectivity index (χ1n) is 5.78. The Hall–Kier alpha value is -1.79. The minimum Gasteiger partial charge on any atom is -0.460 e. The minimum atomic E-state index is 0. The number of nitrogens with zero attached hydrogens (tertiary/aromatic N) is 2. The third-order valence-electron chi connectivity index (χ3n) is 2.66. The summed E-state index contributed by atoms with van der Waals surface area (Å²) >= 11 is 1.45. The maximum Gasteiger partial charge on any atom is 0.287 e. The Balaban J connectivity index is 0.00000147. The second kappa shape index (κ2) is 6.58. The van der Waals surface area contributed by atoms with Gasteiger partial charge in [0.1, 0.15) is 0 Å². The molecule has 0 unspecified atom stereocenters. The molecular formula is C14H12BrN2O2S+. The Morgan fingerprint density at radius 3 is 2.80 bits per heavy atom. The molecule has 3 aromatic rings. The summed E-state index contributed by atoms with van der Waals surface area (Å²) < 4.78 is 7.02. The van der Waals surface area contributed by atoms with Crippen molar-refractivity contribution in [3.05, 3.63) is 59.4 Å². The van der Waals surface area contributed by atoms with Gasteiger partial charge in [-0.1, -0.05) is 6.07 Å². The maximum absolute atomic E-state index is 11.9. The Morgan fingerprint density at radius 2 is 2.20 bits per heavy atom. The molecule has 0 saturated carbocycles. The zero-order chi connectivity index (χ0) is 13.1. The molecule has 0 aromatic carbocycles. The fraction of sp³-hybridized carbons (Fsp3) is 0.0714. The molecule has 0 bridgehead atoms. The van der Waals surface area contributed by atoms with Crippen LogP contribution in [0, 0.1) is 0 Å². The van der Waals surface area contributed by atoms with E-state index in [1.165, 1.54) is 11.3 Å². The molecule has 0 saturated heterocycles. The molecule has 3 heterocycles. The lowest BCUT2D eigenvalue weighted by molar-refractivity contribution is -0.686. The Labute approximate surface area is 130 Å². The van der Waals surface area contributed by atoms with E-state index in [2.05, 4.69) is 4.98 Å². The highest BCUT2D eigenvalue weighted by atomic mass is 79.9. The number of halogens is 1. The number of hydrogen-bond donors (Lipinski definition) is 0. The smallest absolute Gasteiger partial charge is 0.287 e. The lowest BCUT2D eigenvalue weighted by Gasteiger charge is -1.97. The third-order valence-corrected chi connectivity index (χ3v) is 3.58. The quantitative estimate of drug-likeness (QED) is 0.535. The molecule has 6 heteroatoms. The van der Waals surface area contributed by atoms with Crippen LogP contribution in [0.15, 0.2) is 58.9 Å². The van der Waals surface area contributed by atoms with Gasteiger partial charge >= 0.3 is 0 Å². The number of furan rings is 1. The summed E-state index contributed by atoms with van der Waals surface area (Å²) in [6.45, 7) is 0.298. The zero-order valence-corrected chi connectivity index (χ0v) is 13.0. The predicted octanol–water partition coefficient (Wildman–Crippen LogP) is 3.15. The molecular weight excluding hydrogens is 340 g/mol. The highest BCUT2D eigenvalue weighted by molar-refractivity contribution is 8.93. The first-order valence-corrected chi connectivity index (χ1v) is 6.66. The van der Waals surface area contributed by atoms with Gasteiger partial charge in [-0.05, 0) is 28.6 Å². The fourth-order valence-electron chi connectivity index (χ4n) is 1.73. The zero-order valence-electron chi connectivity index (χ0n) is 10.4. The average Bonchev–Trinajstić information content (AvgIpc) is 3.13. The molecule has 0 aliphatic rings. The van der Waals surface area contributed by atoms with Gasteiger partial charge in [0.05, 0.1) is 17.3 Å². The summed E-state index contributed by atoms with van der Waals surface area (Å²) in [6.07, 6.45) is 5.08. The number of ketones is 1. The lowest BCUT2D eigenvalue weighted by atomic mass is 10.3. The molecule has 0 atom stereocenters. The molecule has 102 valence electrons. The number of thiophene rings is 1. The number of hydrogen-bond acceptors (Lipinski definition) is 4. The van der Waals surface area contributed by atoms with E-state index >= 15 is 0 Å². The first kappa shape index (κ1) is 14.6. The summed E-state index contributed by atoms with van der Waals surface area (Å²) in [6, 6.07) is 9.21. The number of Topliss-reactive ketones (excluding diaryl/α,β-unsaturated/α-hetero) is 1. The summed E-state index contributed by atoms with van der Waals surface area (Å²) in [4.78, 5) is 17.0. The maximum atomic E-state index is 11.9. The Kier molecular flexibility index (Phi) is 4.81. The third kappa shape index (κ3) is 3.20. The van der Waals surface area contributed by atoms with Gasteiger partial charge < -0.3 is 4.42 Å². The Morgan fingerprint density at radius 1 is 1.30 bits per heavy atom. The molecule has 0 radical (unpaired) electrons. The standard InChI is InChI=1S/C14H11N2O2S.BrH/c17-12(14-4-2-8-19-14)9-16-6-5-11(15-10-16)13-3-1-7-18-13;/h1-8,10H,9H2;1H/q+1;. The number of carbonyl (C=O) groups is 1. The monoisotopic (exact) mass is 351 g/mol. The highest BCUT2D eigenvalue weighted by Gasteiger charge is 2.13. The number of rotatable bonds is 4. The molecule has 20 heavy (non-hydrogen) atoms. The second-order valence-electron chi connectivity index (χ2n) is 4.00. The molecule has 0 spiro atoms. The van der Waals surface area contributed by atoms with Gasteiger partial charge in [0, 0.05) is 6.07 Å². The van der Waals surface area contributed by atoms with Crippen molar-refractivity contribution in [2.24, 2.45) is 0 Å². The Bertz CT molecular complexity index is 664. The van der Waals surface area contributed by atoms with Gasteiger partial charge in [0.15, 0.2) is 12.3 Å². The average molecular weight is 352 g/mol. The van der Waals surface area contributed by atoms with Crippen molar-refractivity contribution in [2.45, 2.75) is 6.54 Å². The molecule has 0 aliphatic heterocycles. The molecule has 0 aliphatic carbocycles. The van der Waals surface area contributed by atoms with Gasteiger partial charge in [-0.2, -0.15) is 0 Å². The van der Waals surface area contributed by atoms with Gasteiger partial charge in [0.25, 0.3) is 6.33 Å². The second-order valence-corrected chi connectivity index (χ2v) is 4.94. The number of aromatic nitrogens is 2. The summed E-state index contributed by atoms with van der Waals surface area (Å²) in [5.74, 6) is 0.810. The van der Waals surface area contributed by atoms with Gasteiger partial charge in [0.2, 0.25) is 11.5 Å². The van der Waals surface area contributed by atoms with E-state index in [-0.39, 0.29) is 22.8 Å². The van der Waals surface area contributed by atoms with Crippen molar-refractivity contribution >= 4 is 34.1 Å². The van der Waals surface area contributed by atoms with Crippen LogP contribution in [0.5, 0.6) is 0 Å². The van der Waals surface area contributed by atoms with E-state index < -0.39 is 0 Å². The van der Waals surface area contributed by atoms with Crippen molar-refractivity contribution in [3.8, 4) is 11.5 Å². The van der Waals surface area contributed by atoms with Crippen LogP contribution in [0.2, 0.25) is 0 Å². The van der Waals surface area contributed by atoms with Crippen LogP contribution in [0.3, 0.4) is 0 Å². The van der Waals surface area contributed by atoms with Crippen LogP contribution in [-0.4, -0.2) is 10.8 Å². The van der Waals surface area contributed by atoms with E-state index in [9.17, 15) is 4.79 Å². The predicted molar refractivity (Wildman–Crippen MR) is 81.1 cm³/mol. The minimum absolute atomic E-state index is 0. The summed E-state index contributed by atoms with van der Waals surface area (Å²) in [7, 11) is 0. The SMILES string of the molecule is Br.O=C(C[n+]1ccc(-c2ccco2)nc1)c1cccs1. The topological polar surface area (TPSA) is 47.0 Å². The van der Waals surface area contributed by atoms with Crippen LogP contribution in [-0.2, 0) is 6.54 Å². The van der Waals surface area contributed by atoms with E-state index in [4.69, 9.17) is 4.42 Å². The highest BCUT2D eigenvalue weighted by Crippen LogP contribution is 2.15. The number of carbonyl (C=O) groups excluding carboxylic acids is 1. The van der Waals surface area contributed by atoms with Crippen molar-refractivity contribution < 1.29 is 13.8 Å². The van der Waals surface area contributed by atoms with Crippen molar-refractivity contribution in [3.63, 3.8) is 0 Å². The van der Waals surface area contributed by atoms with Gasteiger partial charge in [-0.15, -0.1) is 28.3 Å². The van der Waals surface area contributed by atoms with Gasteiger partial charge in [-0.25, -0.2) is 4.57 Å². The summed E-state index contributed by atoms with van der Waals surface area (Å²) in [5.41, 5.74) is 0.754. The molecule has 3 rings (SSSR count). The van der Waals surface area contributed by atoms with E-state index in [0.29, 0.717) is 6.54 Å². The molecule has 3 aromatic heterocycles. The van der Waals surface area contributed by atoms with Crippen LogP contribution >= 0.6 is 28.3 Å². The molecule has 0 fully saturated rings. The van der Waals surface area contributed by atoms with Gasteiger partial charge in [-0.3, -0.25) is 4.79 Å². The van der Waals surface area contributed by atoms with E-state index in [1.807, 2.05) is 41.9 Å². The van der Waals surface area contributed by atoms with Crippen LogP contribution in [0.25, 0.3) is 11.5 Å².